The Morgan fingerprint density at radius 2 is 1.68 bits per heavy atom. The summed E-state index contributed by atoms with van der Waals surface area (Å²) in [6.45, 7) is 5.69. The smallest absolute Gasteiger partial charge is 0.283 e. The molecule has 1 rings (SSSR count). The van der Waals surface area contributed by atoms with Crippen LogP contribution in [0.25, 0.3) is 0 Å². The Morgan fingerprint density at radius 1 is 1.16 bits per heavy atom. The van der Waals surface area contributed by atoms with E-state index in [1.807, 2.05) is 18.7 Å². The summed E-state index contributed by atoms with van der Waals surface area (Å²) in [5.74, 6) is 0. The van der Waals surface area contributed by atoms with Gasteiger partial charge in [0.05, 0.1) is 4.90 Å². The van der Waals surface area contributed by atoms with E-state index >= 15 is 0 Å². The Labute approximate surface area is 120 Å². The molecular formula is C13H19ClN2O2S. The fraction of sp³-hybridized carbons (Fsp3) is 0.462. The molecule has 4 nitrogen and oxygen atoms in total. The Kier molecular flexibility index (Phi) is 6.31. The lowest BCUT2D eigenvalue weighted by atomic mass is 10.4. The number of rotatable bonds is 7. The highest BCUT2D eigenvalue weighted by Crippen LogP contribution is 2.15. The standard InChI is InChI=1S/C13H19ClN2O2S/c1-3-9-16(10-4-2)11-15-19(17,18)13-7-5-12(14)6-8-13/h5-8,11H,3-4,9-10H2,1-2H3/b15-11+. The number of hydrogen-bond acceptors (Lipinski definition) is 2. The van der Waals surface area contributed by atoms with Crippen LogP contribution in [-0.4, -0.2) is 32.7 Å². The van der Waals surface area contributed by atoms with Crippen LogP contribution in [0.1, 0.15) is 26.7 Å². The highest BCUT2D eigenvalue weighted by atomic mass is 35.5. The van der Waals surface area contributed by atoms with Gasteiger partial charge in [0.2, 0.25) is 0 Å². The highest BCUT2D eigenvalue weighted by molar-refractivity contribution is 7.90. The third-order valence-electron chi connectivity index (χ3n) is 2.48. The maximum Gasteiger partial charge on any atom is 0.283 e. The van der Waals surface area contributed by atoms with Gasteiger partial charge in [0.25, 0.3) is 10.0 Å². The van der Waals surface area contributed by atoms with Crippen molar-refractivity contribution < 1.29 is 8.42 Å². The summed E-state index contributed by atoms with van der Waals surface area (Å²) in [4.78, 5) is 2.06. The minimum absolute atomic E-state index is 0.154. The molecule has 106 valence electrons. The minimum Gasteiger partial charge on any atom is -0.362 e. The molecule has 0 aliphatic carbocycles. The summed E-state index contributed by atoms with van der Waals surface area (Å²) in [6.07, 6.45) is 3.32. The molecule has 0 N–H and O–H groups in total. The van der Waals surface area contributed by atoms with E-state index in [1.54, 1.807) is 12.1 Å². The monoisotopic (exact) mass is 302 g/mol. The van der Waals surface area contributed by atoms with Gasteiger partial charge in [-0.3, -0.25) is 0 Å². The molecule has 1 aromatic carbocycles. The van der Waals surface area contributed by atoms with Crippen molar-refractivity contribution in [1.29, 1.82) is 0 Å². The number of hydrogen-bond donors (Lipinski definition) is 0. The Hall–Kier alpha value is -1.07. The second kappa shape index (κ2) is 7.50. The molecule has 0 bridgehead atoms. The van der Waals surface area contributed by atoms with Gasteiger partial charge < -0.3 is 4.90 Å². The van der Waals surface area contributed by atoms with E-state index in [0.717, 1.165) is 25.9 Å². The van der Waals surface area contributed by atoms with Gasteiger partial charge in [0, 0.05) is 18.1 Å². The van der Waals surface area contributed by atoms with Crippen molar-refractivity contribution in [2.45, 2.75) is 31.6 Å². The predicted octanol–water partition coefficient (Wildman–Crippen LogP) is 3.18. The first-order chi connectivity index (χ1) is 8.99. The van der Waals surface area contributed by atoms with Gasteiger partial charge in [-0.2, -0.15) is 8.42 Å². The number of nitrogens with zero attached hydrogens (tertiary/aromatic N) is 2. The van der Waals surface area contributed by atoms with E-state index in [0.29, 0.717) is 5.02 Å². The average Bonchev–Trinajstić information content (AvgIpc) is 2.37. The van der Waals surface area contributed by atoms with Crippen LogP contribution < -0.4 is 0 Å². The molecule has 0 unspecified atom stereocenters. The summed E-state index contributed by atoms with van der Waals surface area (Å²) >= 11 is 5.73. The normalized spacial score (nSPS) is 11.9. The van der Waals surface area contributed by atoms with Crippen LogP contribution in [0.2, 0.25) is 5.02 Å². The molecule has 19 heavy (non-hydrogen) atoms. The van der Waals surface area contributed by atoms with Crippen LogP contribution in [0.5, 0.6) is 0 Å². The zero-order valence-electron chi connectivity index (χ0n) is 11.2. The molecule has 1 aromatic rings. The molecule has 0 heterocycles. The first kappa shape index (κ1) is 16.0. The maximum atomic E-state index is 12.0. The minimum atomic E-state index is -3.64. The van der Waals surface area contributed by atoms with Crippen LogP contribution in [-0.2, 0) is 10.0 Å². The second-order valence-corrected chi connectivity index (χ2v) is 6.25. The predicted molar refractivity (Wildman–Crippen MR) is 79.3 cm³/mol. The molecule has 0 radical (unpaired) electrons. The first-order valence-electron chi connectivity index (χ1n) is 6.29. The van der Waals surface area contributed by atoms with Crippen molar-refractivity contribution >= 4 is 28.0 Å². The van der Waals surface area contributed by atoms with E-state index in [-0.39, 0.29) is 4.90 Å². The van der Waals surface area contributed by atoms with Gasteiger partial charge in [0.15, 0.2) is 0 Å². The van der Waals surface area contributed by atoms with Gasteiger partial charge in [-0.15, -0.1) is 4.40 Å². The van der Waals surface area contributed by atoms with E-state index in [9.17, 15) is 8.42 Å². The van der Waals surface area contributed by atoms with Crippen LogP contribution in [0.3, 0.4) is 0 Å². The van der Waals surface area contributed by atoms with Crippen LogP contribution in [0.4, 0.5) is 0 Å². The lowest BCUT2D eigenvalue weighted by molar-refractivity contribution is 0.429. The van der Waals surface area contributed by atoms with Crippen molar-refractivity contribution in [3.8, 4) is 0 Å². The fourth-order valence-electron chi connectivity index (χ4n) is 1.60. The molecule has 0 fully saturated rings. The number of halogens is 1. The topological polar surface area (TPSA) is 49.7 Å². The largest absolute Gasteiger partial charge is 0.362 e. The highest BCUT2D eigenvalue weighted by Gasteiger charge is 2.11. The zero-order chi connectivity index (χ0) is 14.3. The van der Waals surface area contributed by atoms with E-state index in [1.165, 1.54) is 18.5 Å². The molecule has 0 spiro atoms. The first-order valence-corrected chi connectivity index (χ1v) is 8.11. The van der Waals surface area contributed by atoms with Gasteiger partial charge >= 0.3 is 0 Å². The SMILES string of the molecule is CCCN(/C=N/S(=O)(=O)c1ccc(Cl)cc1)CCC. The van der Waals surface area contributed by atoms with Gasteiger partial charge in [0.1, 0.15) is 6.34 Å². The van der Waals surface area contributed by atoms with E-state index < -0.39 is 10.0 Å². The zero-order valence-corrected chi connectivity index (χ0v) is 12.8. The summed E-state index contributed by atoms with van der Waals surface area (Å²) in [5.41, 5.74) is 0. The van der Waals surface area contributed by atoms with E-state index in [2.05, 4.69) is 4.40 Å². The molecule has 0 aliphatic rings. The maximum absolute atomic E-state index is 12.0. The molecule has 0 saturated heterocycles. The molecule has 0 saturated carbocycles. The lowest BCUT2D eigenvalue weighted by Gasteiger charge is -2.17. The molecule has 0 atom stereocenters. The van der Waals surface area contributed by atoms with Crippen LogP contribution >= 0.6 is 11.6 Å². The lowest BCUT2D eigenvalue weighted by Crippen LogP contribution is -2.24. The van der Waals surface area contributed by atoms with Crippen LogP contribution in [0, 0.1) is 0 Å². The summed E-state index contributed by atoms with van der Waals surface area (Å²) < 4.78 is 27.7. The van der Waals surface area contributed by atoms with Crippen molar-refractivity contribution in [2.75, 3.05) is 13.1 Å². The third kappa shape index (κ3) is 5.20. The van der Waals surface area contributed by atoms with Crippen molar-refractivity contribution in [1.82, 2.24) is 4.90 Å². The van der Waals surface area contributed by atoms with Crippen molar-refractivity contribution in [3.63, 3.8) is 0 Å². The number of benzene rings is 1. The fourth-order valence-corrected chi connectivity index (χ4v) is 2.58. The third-order valence-corrected chi connectivity index (χ3v) is 3.97. The molecule has 0 amide bonds. The summed E-state index contributed by atoms with van der Waals surface area (Å²) in [7, 11) is -3.64. The molecular weight excluding hydrogens is 284 g/mol. The van der Waals surface area contributed by atoms with Crippen molar-refractivity contribution in [2.24, 2.45) is 4.40 Å². The Bertz CT molecular complexity index is 506. The van der Waals surface area contributed by atoms with Gasteiger partial charge in [-0.25, -0.2) is 0 Å². The summed E-state index contributed by atoms with van der Waals surface area (Å²) in [6, 6.07) is 6.00. The molecule has 0 aromatic heterocycles. The molecule has 0 aliphatic heterocycles. The number of sulfonamides is 1. The van der Waals surface area contributed by atoms with Gasteiger partial charge in [-0.05, 0) is 37.1 Å². The van der Waals surface area contributed by atoms with Crippen molar-refractivity contribution in [3.05, 3.63) is 29.3 Å². The van der Waals surface area contributed by atoms with Gasteiger partial charge in [-0.1, -0.05) is 25.4 Å². The second-order valence-electron chi connectivity index (χ2n) is 4.19. The quantitative estimate of drug-likeness (QED) is 0.574. The average molecular weight is 303 g/mol. The van der Waals surface area contributed by atoms with Crippen LogP contribution in [0.15, 0.2) is 33.6 Å². The van der Waals surface area contributed by atoms with E-state index in [4.69, 9.17) is 11.6 Å². The Balaban J connectivity index is 2.85. The Morgan fingerprint density at radius 3 is 2.16 bits per heavy atom. The molecule has 6 heteroatoms. The summed E-state index contributed by atoms with van der Waals surface area (Å²) in [5, 5.41) is 0.501.